The second-order valence-corrected chi connectivity index (χ2v) is 6.70. The summed E-state index contributed by atoms with van der Waals surface area (Å²) in [6.07, 6.45) is 5.25. The molecule has 1 fully saturated rings. The maximum atomic E-state index is 12.0. The Bertz CT molecular complexity index is 443. The number of halogens is 1. The fraction of sp³-hybridized carbons (Fsp3) is 0.833. The quantitative estimate of drug-likeness (QED) is 0.203. The molecular weight excluding hydrogens is 445 g/mol. The molecule has 1 heterocycles. The molecule has 1 aliphatic rings. The number of carbonyl (C=O) groups is 2. The molecule has 7 nitrogen and oxygen atoms in total. The molecule has 0 atom stereocenters. The molecule has 0 unspecified atom stereocenters. The van der Waals surface area contributed by atoms with Crippen LogP contribution in [-0.2, 0) is 9.59 Å². The van der Waals surface area contributed by atoms with E-state index in [1.54, 1.807) is 0 Å². The molecule has 0 bridgehead atoms. The zero-order valence-corrected chi connectivity index (χ0v) is 18.8. The first-order valence-corrected chi connectivity index (χ1v) is 9.62. The van der Waals surface area contributed by atoms with Crippen molar-refractivity contribution in [2.75, 3.05) is 32.7 Å². The molecule has 0 aromatic carbocycles. The van der Waals surface area contributed by atoms with Gasteiger partial charge in [0.05, 0.1) is 0 Å². The van der Waals surface area contributed by atoms with Gasteiger partial charge in [0.15, 0.2) is 5.96 Å². The number of rotatable bonds is 9. The molecule has 8 heteroatoms. The number of guanidine groups is 1. The molecule has 0 aliphatic carbocycles. The van der Waals surface area contributed by atoms with E-state index < -0.39 is 0 Å². The Balaban J connectivity index is 0.00000625. The van der Waals surface area contributed by atoms with Crippen LogP contribution in [0.3, 0.4) is 0 Å². The Morgan fingerprint density at radius 3 is 2.69 bits per heavy atom. The van der Waals surface area contributed by atoms with Gasteiger partial charge in [0, 0.05) is 51.6 Å². The topological polar surface area (TPSA) is 85.8 Å². The van der Waals surface area contributed by atoms with Crippen LogP contribution in [0.2, 0.25) is 0 Å². The van der Waals surface area contributed by atoms with E-state index in [2.05, 4.69) is 20.9 Å². The molecule has 0 spiro atoms. The molecule has 3 N–H and O–H groups in total. The highest BCUT2D eigenvalue weighted by Gasteiger charge is 2.15. The fourth-order valence-corrected chi connectivity index (χ4v) is 2.76. The van der Waals surface area contributed by atoms with Crippen LogP contribution >= 0.6 is 24.0 Å². The number of hydrogen-bond acceptors (Lipinski definition) is 3. The summed E-state index contributed by atoms with van der Waals surface area (Å²) in [5.41, 5.74) is 0. The third kappa shape index (κ3) is 11.5. The van der Waals surface area contributed by atoms with E-state index in [1.165, 1.54) is 0 Å². The molecule has 2 amide bonds. The summed E-state index contributed by atoms with van der Waals surface area (Å²) in [6, 6.07) is 0.163. The van der Waals surface area contributed by atoms with E-state index in [1.807, 2.05) is 25.7 Å². The van der Waals surface area contributed by atoms with Crippen molar-refractivity contribution >= 4 is 41.8 Å². The number of nitrogens with one attached hydrogen (secondary N) is 3. The second kappa shape index (κ2) is 15.0. The maximum Gasteiger partial charge on any atom is 0.222 e. The molecule has 26 heavy (non-hydrogen) atoms. The minimum atomic E-state index is 0. The van der Waals surface area contributed by atoms with Crippen LogP contribution in [0, 0.1) is 0 Å². The lowest BCUT2D eigenvalue weighted by Gasteiger charge is -2.20. The summed E-state index contributed by atoms with van der Waals surface area (Å²) in [5, 5.41) is 9.23. The summed E-state index contributed by atoms with van der Waals surface area (Å²) in [5.74, 6) is 1.04. The summed E-state index contributed by atoms with van der Waals surface area (Å²) in [4.78, 5) is 30.1. The molecule has 1 saturated heterocycles. The van der Waals surface area contributed by atoms with Gasteiger partial charge in [0.25, 0.3) is 0 Å². The SMILES string of the molecule is CCNC(=NCCCN1CCCCCC1=O)NCCC(=O)NC(C)C.I. The van der Waals surface area contributed by atoms with Gasteiger partial charge in [-0.05, 0) is 40.0 Å². The predicted octanol–water partition coefficient (Wildman–Crippen LogP) is 1.87. The zero-order valence-electron chi connectivity index (χ0n) is 16.5. The van der Waals surface area contributed by atoms with Crippen molar-refractivity contribution in [1.82, 2.24) is 20.9 Å². The lowest BCUT2D eigenvalue weighted by Crippen LogP contribution is -2.40. The van der Waals surface area contributed by atoms with Crippen LogP contribution in [0.25, 0.3) is 0 Å². The van der Waals surface area contributed by atoms with Gasteiger partial charge in [0.1, 0.15) is 0 Å². The fourth-order valence-electron chi connectivity index (χ4n) is 2.76. The van der Waals surface area contributed by atoms with Gasteiger partial charge in [-0.1, -0.05) is 6.42 Å². The minimum absolute atomic E-state index is 0. The van der Waals surface area contributed by atoms with Crippen molar-refractivity contribution in [3.8, 4) is 0 Å². The third-order valence-electron chi connectivity index (χ3n) is 3.97. The van der Waals surface area contributed by atoms with Gasteiger partial charge < -0.3 is 20.9 Å². The first-order chi connectivity index (χ1) is 12.0. The highest BCUT2D eigenvalue weighted by Crippen LogP contribution is 2.11. The van der Waals surface area contributed by atoms with E-state index in [0.717, 1.165) is 51.3 Å². The normalized spacial score (nSPS) is 15.3. The Labute approximate surface area is 175 Å². The number of carbonyl (C=O) groups excluding carboxylic acids is 2. The van der Waals surface area contributed by atoms with Crippen molar-refractivity contribution in [3.05, 3.63) is 0 Å². The molecule has 0 saturated carbocycles. The van der Waals surface area contributed by atoms with E-state index in [0.29, 0.717) is 25.9 Å². The Morgan fingerprint density at radius 1 is 1.23 bits per heavy atom. The van der Waals surface area contributed by atoms with Crippen molar-refractivity contribution in [2.24, 2.45) is 4.99 Å². The molecule has 0 radical (unpaired) electrons. The van der Waals surface area contributed by atoms with Crippen LogP contribution in [0.15, 0.2) is 4.99 Å². The van der Waals surface area contributed by atoms with Crippen molar-refractivity contribution < 1.29 is 9.59 Å². The van der Waals surface area contributed by atoms with Crippen LogP contribution in [0.5, 0.6) is 0 Å². The van der Waals surface area contributed by atoms with Crippen molar-refractivity contribution in [1.29, 1.82) is 0 Å². The molecule has 1 rings (SSSR count). The van der Waals surface area contributed by atoms with E-state index in [-0.39, 0.29) is 41.8 Å². The van der Waals surface area contributed by atoms with Crippen LogP contribution < -0.4 is 16.0 Å². The number of likely N-dealkylation sites (tertiary alicyclic amines) is 1. The highest BCUT2D eigenvalue weighted by atomic mass is 127. The van der Waals surface area contributed by atoms with Crippen LogP contribution in [0.4, 0.5) is 0 Å². The molecule has 1 aliphatic heterocycles. The molecule has 152 valence electrons. The predicted molar refractivity (Wildman–Crippen MR) is 117 cm³/mol. The third-order valence-corrected chi connectivity index (χ3v) is 3.97. The highest BCUT2D eigenvalue weighted by molar-refractivity contribution is 14.0. The van der Waals surface area contributed by atoms with Crippen molar-refractivity contribution in [2.45, 2.75) is 65.3 Å². The van der Waals surface area contributed by atoms with Gasteiger partial charge in [0.2, 0.25) is 11.8 Å². The van der Waals surface area contributed by atoms with Gasteiger partial charge >= 0.3 is 0 Å². The average molecular weight is 481 g/mol. The lowest BCUT2D eigenvalue weighted by molar-refractivity contribution is -0.130. The van der Waals surface area contributed by atoms with E-state index in [9.17, 15) is 9.59 Å². The minimum Gasteiger partial charge on any atom is -0.357 e. The summed E-state index contributed by atoms with van der Waals surface area (Å²) in [7, 11) is 0. The van der Waals surface area contributed by atoms with Crippen LogP contribution in [-0.4, -0.2) is 61.4 Å². The van der Waals surface area contributed by atoms with Gasteiger partial charge in [-0.25, -0.2) is 0 Å². The summed E-state index contributed by atoms with van der Waals surface area (Å²) in [6.45, 7) is 9.56. The Hall–Kier alpha value is -1.06. The maximum absolute atomic E-state index is 12.0. The molecular formula is C18H36IN5O2. The first kappa shape index (κ1) is 24.9. The van der Waals surface area contributed by atoms with Gasteiger partial charge in [-0.3, -0.25) is 14.6 Å². The van der Waals surface area contributed by atoms with Crippen molar-refractivity contribution in [3.63, 3.8) is 0 Å². The Kier molecular flexibility index (Phi) is 14.4. The van der Waals surface area contributed by atoms with Crippen LogP contribution in [0.1, 0.15) is 59.3 Å². The Morgan fingerprint density at radius 2 is 2.00 bits per heavy atom. The number of aliphatic imine (C=N–C) groups is 1. The zero-order chi connectivity index (χ0) is 18.5. The average Bonchev–Trinajstić information content (AvgIpc) is 2.75. The monoisotopic (exact) mass is 481 g/mol. The van der Waals surface area contributed by atoms with E-state index in [4.69, 9.17) is 0 Å². The first-order valence-electron chi connectivity index (χ1n) is 9.62. The van der Waals surface area contributed by atoms with E-state index >= 15 is 0 Å². The number of amides is 2. The van der Waals surface area contributed by atoms with Gasteiger partial charge in [-0.2, -0.15) is 0 Å². The standard InChI is InChI=1S/C18H35N5O2.HI/c1-4-19-18(21-12-10-16(24)22-15(2)3)20-11-8-14-23-13-7-5-6-9-17(23)25;/h15H,4-14H2,1-3H3,(H,22,24)(H2,19,20,21);1H. The lowest BCUT2D eigenvalue weighted by atomic mass is 10.2. The number of hydrogen-bond donors (Lipinski definition) is 3. The summed E-state index contributed by atoms with van der Waals surface area (Å²) >= 11 is 0. The van der Waals surface area contributed by atoms with Gasteiger partial charge in [-0.15, -0.1) is 24.0 Å². The number of nitrogens with zero attached hydrogens (tertiary/aromatic N) is 2. The molecule has 0 aromatic rings. The smallest absolute Gasteiger partial charge is 0.222 e. The largest absolute Gasteiger partial charge is 0.357 e. The second-order valence-electron chi connectivity index (χ2n) is 6.70. The summed E-state index contributed by atoms with van der Waals surface area (Å²) < 4.78 is 0. The molecule has 0 aromatic heterocycles.